The highest BCUT2D eigenvalue weighted by atomic mass is 32.8. The standard InChI is InChI=1S/C13H16O3S2/c1-9(14)5-6-11-8-7-10-3-2-4-12(10)13(11)18(15,16)17/h7-8H,2-6H2,1H3,(H,15,16,17). The summed E-state index contributed by atoms with van der Waals surface area (Å²) in [6, 6.07) is 3.85. The largest absolute Gasteiger partial charge is 0.302 e. The molecule has 1 aliphatic rings. The third kappa shape index (κ3) is 2.79. The summed E-state index contributed by atoms with van der Waals surface area (Å²) in [4.78, 5) is 11.5. The van der Waals surface area contributed by atoms with Gasteiger partial charge in [-0.25, -0.2) is 4.21 Å². The Bertz CT molecular complexity index is 588. The minimum Gasteiger partial charge on any atom is -0.302 e. The number of fused-ring (bicyclic) bond motifs is 1. The first-order chi connectivity index (χ1) is 8.39. The summed E-state index contributed by atoms with van der Waals surface area (Å²) < 4.78 is 21.7. The van der Waals surface area contributed by atoms with E-state index in [1.807, 2.05) is 12.1 Å². The number of benzene rings is 1. The van der Waals surface area contributed by atoms with E-state index in [4.69, 9.17) is 11.2 Å². The fraction of sp³-hybridized carbons (Fsp3) is 0.462. The zero-order valence-corrected chi connectivity index (χ0v) is 11.9. The molecule has 3 nitrogen and oxygen atoms in total. The maximum absolute atomic E-state index is 11.9. The molecule has 0 amide bonds. The number of carbonyl (C=O) groups excluding carboxylic acids is 1. The Morgan fingerprint density at radius 3 is 2.78 bits per heavy atom. The Labute approximate surface area is 112 Å². The normalized spacial score (nSPS) is 17.2. The van der Waals surface area contributed by atoms with E-state index in [1.165, 1.54) is 6.92 Å². The van der Waals surface area contributed by atoms with Gasteiger partial charge in [-0.05, 0) is 49.3 Å². The Kier molecular flexibility index (Phi) is 3.84. The smallest absolute Gasteiger partial charge is 0.171 e. The molecule has 18 heavy (non-hydrogen) atoms. The molecule has 0 saturated heterocycles. The fourth-order valence-electron chi connectivity index (χ4n) is 2.51. The second-order valence-electron chi connectivity index (χ2n) is 4.72. The minimum absolute atomic E-state index is 0.0789. The van der Waals surface area contributed by atoms with Crippen LogP contribution in [0.5, 0.6) is 0 Å². The molecule has 1 atom stereocenters. The van der Waals surface area contributed by atoms with Crippen LogP contribution >= 0.6 is 0 Å². The number of ketones is 1. The zero-order valence-electron chi connectivity index (χ0n) is 10.3. The maximum atomic E-state index is 11.9. The molecule has 0 saturated carbocycles. The van der Waals surface area contributed by atoms with Crippen LogP contribution in [0.25, 0.3) is 0 Å². The van der Waals surface area contributed by atoms with Crippen molar-refractivity contribution in [1.82, 2.24) is 0 Å². The van der Waals surface area contributed by atoms with Crippen LogP contribution in [0, 0.1) is 0 Å². The molecule has 98 valence electrons. The molecule has 0 fully saturated rings. The molecule has 0 radical (unpaired) electrons. The van der Waals surface area contributed by atoms with Crippen LogP contribution in [0.4, 0.5) is 0 Å². The number of Topliss-reactive ketones (excluding diaryl/α,β-unsaturated/α-hetero) is 1. The van der Waals surface area contributed by atoms with E-state index in [-0.39, 0.29) is 5.78 Å². The Morgan fingerprint density at radius 1 is 1.44 bits per heavy atom. The van der Waals surface area contributed by atoms with E-state index >= 15 is 0 Å². The summed E-state index contributed by atoms with van der Waals surface area (Å²) in [7, 11) is -3.38. The molecular formula is C13H16O3S2. The highest BCUT2D eigenvalue weighted by molar-refractivity contribution is 8.29. The lowest BCUT2D eigenvalue weighted by Crippen LogP contribution is -2.08. The van der Waals surface area contributed by atoms with Gasteiger partial charge in [0.05, 0.1) is 4.90 Å². The minimum atomic E-state index is -3.38. The van der Waals surface area contributed by atoms with Crippen molar-refractivity contribution >= 4 is 25.7 Å². The van der Waals surface area contributed by atoms with E-state index in [1.54, 1.807) is 0 Å². The van der Waals surface area contributed by atoms with E-state index < -0.39 is 8.77 Å². The van der Waals surface area contributed by atoms with Crippen molar-refractivity contribution in [2.45, 2.75) is 43.9 Å². The van der Waals surface area contributed by atoms with Crippen molar-refractivity contribution in [1.29, 1.82) is 0 Å². The zero-order chi connectivity index (χ0) is 13.3. The van der Waals surface area contributed by atoms with Gasteiger partial charge < -0.3 is 9.35 Å². The topological polar surface area (TPSA) is 54.4 Å². The summed E-state index contributed by atoms with van der Waals surface area (Å²) >= 11 is 4.76. The molecule has 1 aliphatic carbocycles. The predicted molar refractivity (Wildman–Crippen MR) is 73.9 cm³/mol. The number of aryl methyl sites for hydroxylation is 2. The molecule has 0 spiro atoms. The van der Waals surface area contributed by atoms with Gasteiger partial charge in [0.25, 0.3) is 0 Å². The van der Waals surface area contributed by atoms with Gasteiger partial charge in [-0.1, -0.05) is 12.1 Å². The maximum Gasteiger partial charge on any atom is 0.171 e. The second-order valence-corrected chi connectivity index (χ2v) is 7.44. The molecule has 0 aromatic heterocycles. The molecule has 1 aromatic rings. The highest BCUT2D eigenvalue weighted by Crippen LogP contribution is 2.31. The molecule has 5 heteroatoms. The number of carbonyl (C=O) groups is 1. The first kappa shape index (κ1) is 13.6. The number of hydrogen-bond donors (Lipinski definition) is 1. The van der Waals surface area contributed by atoms with Crippen LogP contribution in [-0.2, 0) is 44.0 Å². The molecule has 1 unspecified atom stereocenters. The van der Waals surface area contributed by atoms with Crippen molar-refractivity contribution in [3.63, 3.8) is 0 Å². The van der Waals surface area contributed by atoms with E-state index in [2.05, 4.69) is 0 Å². The molecule has 1 N–H and O–H groups in total. The summed E-state index contributed by atoms with van der Waals surface area (Å²) in [5, 5.41) is 0. The second kappa shape index (κ2) is 5.07. The summed E-state index contributed by atoms with van der Waals surface area (Å²) in [5.74, 6) is 0.0789. The number of rotatable bonds is 4. The third-order valence-corrected chi connectivity index (χ3v) is 4.84. The SMILES string of the molecule is CC(=O)CCc1ccc2c(c1S(=O)(O)=S)CCC2. The predicted octanol–water partition coefficient (Wildman–Crippen LogP) is 2.28. The van der Waals surface area contributed by atoms with Crippen LogP contribution in [0.1, 0.15) is 36.5 Å². The van der Waals surface area contributed by atoms with Crippen LogP contribution in [0.3, 0.4) is 0 Å². The van der Waals surface area contributed by atoms with Gasteiger partial charge in [0.1, 0.15) is 5.78 Å². The van der Waals surface area contributed by atoms with Gasteiger partial charge in [-0.2, -0.15) is 0 Å². The molecule has 1 aromatic carbocycles. The molecule has 0 bridgehead atoms. The first-order valence-corrected chi connectivity index (χ1v) is 8.44. The van der Waals surface area contributed by atoms with E-state index in [0.29, 0.717) is 17.7 Å². The Morgan fingerprint density at radius 2 is 2.17 bits per heavy atom. The lowest BCUT2D eigenvalue weighted by Gasteiger charge is -2.13. The lowest BCUT2D eigenvalue weighted by molar-refractivity contribution is -0.116. The number of hydrogen-bond acceptors (Lipinski definition) is 3. The van der Waals surface area contributed by atoms with Gasteiger partial charge in [0.15, 0.2) is 8.77 Å². The van der Waals surface area contributed by atoms with Gasteiger partial charge in [-0.15, -0.1) is 0 Å². The van der Waals surface area contributed by atoms with Crippen molar-refractivity contribution in [2.24, 2.45) is 0 Å². The molecule has 0 aliphatic heterocycles. The van der Waals surface area contributed by atoms with E-state index in [0.717, 1.165) is 36.0 Å². The van der Waals surface area contributed by atoms with E-state index in [9.17, 15) is 13.6 Å². The van der Waals surface area contributed by atoms with Gasteiger partial charge >= 0.3 is 0 Å². The monoisotopic (exact) mass is 284 g/mol. The van der Waals surface area contributed by atoms with Crippen LogP contribution in [0.15, 0.2) is 17.0 Å². The van der Waals surface area contributed by atoms with Crippen molar-refractivity contribution in [3.8, 4) is 0 Å². The summed E-state index contributed by atoms with van der Waals surface area (Å²) in [5.41, 5.74) is 2.83. The van der Waals surface area contributed by atoms with Gasteiger partial charge in [0.2, 0.25) is 0 Å². The van der Waals surface area contributed by atoms with Crippen molar-refractivity contribution in [3.05, 3.63) is 28.8 Å². The van der Waals surface area contributed by atoms with Crippen molar-refractivity contribution in [2.75, 3.05) is 0 Å². The summed E-state index contributed by atoms with van der Waals surface area (Å²) in [6.07, 6.45) is 3.64. The lowest BCUT2D eigenvalue weighted by atomic mass is 10.0. The summed E-state index contributed by atoms with van der Waals surface area (Å²) in [6.45, 7) is 1.52. The molecule has 0 heterocycles. The highest BCUT2D eigenvalue weighted by Gasteiger charge is 2.23. The Hall–Kier alpha value is -0.780. The van der Waals surface area contributed by atoms with Gasteiger partial charge in [0, 0.05) is 17.6 Å². The van der Waals surface area contributed by atoms with Crippen molar-refractivity contribution < 1.29 is 13.6 Å². The van der Waals surface area contributed by atoms with Crippen LogP contribution in [-0.4, -0.2) is 14.5 Å². The van der Waals surface area contributed by atoms with Gasteiger partial charge in [-0.3, -0.25) is 0 Å². The molecular weight excluding hydrogens is 268 g/mol. The van der Waals surface area contributed by atoms with Crippen LogP contribution < -0.4 is 0 Å². The first-order valence-electron chi connectivity index (χ1n) is 6.00. The Balaban J connectivity index is 2.50. The average molecular weight is 284 g/mol. The third-order valence-electron chi connectivity index (χ3n) is 3.32. The van der Waals surface area contributed by atoms with Crippen LogP contribution in [0.2, 0.25) is 0 Å². The quantitative estimate of drug-likeness (QED) is 0.921. The average Bonchev–Trinajstić information content (AvgIpc) is 2.71. The fourth-order valence-corrected chi connectivity index (χ4v) is 4.18. The molecule has 2 rings (SSSR count).